The third kappa shape index (κ3) is 2.52. The van der Waals surface area contributed by atoms with Gasteiger partial charge in [-0.15, -0.1) is 0 Å². The second-order valence-electron chi connectivity index (χ2n) is 3.17. The van der Waals surface area contributed by atoms with Crippen molar-refractivity contribution in [2.24, 2.45) is 0 Å². The fraction of sp³-hybridized carbons (Fsp3) is 0.100. The lowest BCUT2D eigenvalue weighted by atomic mass is 10.2. The minimum Gasteiger partial charge on any atom is -0.382 e. The summed E-state index contributed by atoms with van der Waals surface area (Å²) in [4.78, 5) is 0. The van der Waals surface area contributed by atoms with Crippen LogP contribution >= 0.6 is 27.5 Å². The zero-order chi connectivity index (χ0) is 10.8. The maximum atomic E-state index is 6.08. The first kappa shape index (κ1) is 10.5. The van der Waals surface area contributed by atoms with Crippen molar-refractivity contribution in [3.63, 3.8) is 0 Å². The minimum absolute atomic E-state index is 0.517. The summed E-state index contributed by atoms with van der Waals surface area (Å²) in [6.45, 7) is 0.628. The van der Waals surface area contributed by atoms with Crippen LogP contribution in [0.25, 0.3) is 0 Å². The van der Waals surface area contributed by atoms with Crippen molar-refractivity contribution in [2.75, 3.05) is 5.73 Å². The first-order chi connectivity index (χ1) is 7.15. The maximum Gasteiger partial charge on any atom is 0.145 e. The molecule has 1 heterocycles. The van der Waals surface area contributed by atoms with Gasteiger partial charge >= 0.3 is 0 Å². The lowest BCUT2D eigenvalue weighted by Gasteiger charge is -2.04. The van der Waals surface area contributed by atoms with Crippen molar-refractivity contribution in [3.05, 3.63) is 45.5 Å². The van der Waals surface area contributed by atoms with Gasteiger partial charge in [-0.2, -0.15) is 5.10 Å². The zero-order valence-corrected chi connectivity index (χ0v) is 10.2. The number of benzene rings is 1. The SMILES string of the molecule is Nc1ccn(Cc2ccc(Br)cc2Cl)n1. The molecule has 0 saturated carbocycles. The average molecular weight is 287 g/mol. The molecule has 0 saturated heterocycles. The Bertz CT molecular complexity index is 481. The first-order valence-corrected chi connectivity index (χ1v) is 5.55. The molecule has 1 aromatic heterocycles. The molecule has 0 unspecified atom stereocenters. The molecule has 2 rings (SSSR count). The third-order valence-electron chi connectivity index (χ3n) is 2.01. The Morgan fingerprint density at radius 2 is 2.20 bits per heavy atom. The van der Waals surface area contributed by atoms with E-state index in [0.29, 0.717) is 12.4 Å². The van der Waals surface area contributed by atoms with E-state index < -0.39 is 0 Å². The van der Waals surface area contributed by atoms with E-state index in [1.807, 2.05) is 24.4 Å². The summed E-state index contributed by atoms with van der Waals surface area (Å²) >= 11 is 9.44. The van der Waals surface area contributed by atoms with Crippen LogP contribution in [0.15, 0.2) is 34.9 Å². The van der Waals surface area contributed by atoms with Gasteiger partial charge in [-0.1, -0.05) is 33.6 Å². The van der Waals surface area contributed by atoms with Crippen LogP contribution in [-0.2, 0) is 6.54 Å². The molecule has 0 amide bonds. The van der Waals surface area contributed by atoms with E-state index >= 15 is 0 Å². The van der Waals surface area contributed by atoms with Crippen LogP contribution < -0.4 is 5.73 Å². The Labute approximate surface area is 101 Å². The average Bonchev–Trinajstić information content (AvgIpc) is 2.56. The normalized spacial score (nSPS) is 10.5. The van der Waals surface area contributed by atoms with Crippen LogP contribution in [0.5, 0.6) is 0 Å². The molecule has 0 aliphatic heterocycles. The van der Waals surface area contributed by atoms with E-state index in [1.165, 1.54) is 0 Å². The van der Waals surface area contributed by atoms with Gasteiger partial charge in [0.15, 0.2) is 0 Å². The van der Waals surface area contributed by atoms with Gasteiger partial charge in [-0.3, -0.25) is 4.68 Å². The molecule has 3 nitrogen and oxygen atoms in total. The Balaban J connectivity index is 2.24. The van der Waals surface area contributed by atoms with Crippen molar-refractivity contribution in [2.45, 2.75) is 6.54 Å². The zero-order valence-electron chi connectivity index (χ0n) is 7.82. The summed E-state index contributed by atoms with van der Waals surface area (Å²) in [5, 5.41) is 4.81. The smallest absolute Gasteiger partial charge is 0.145 e. The summed E-state index contributed by atoms with van der Waals surface area (Å²) in [7, 11) is 0. The predicted molar refractivity (Wildman–Crippen MR) is 64.9 cm³/mol. The quantitative estimate of drug-likeness (QED) is 0.922. The van der Waals surface area contributed by atoms with Gasteiger partial charge in [0.2, 0.25) is 0 Å². The van der Waals surface area contributed by atoms with Gasteiger partial charge in [0.1, 0.15) is 5.82 Å². The molecule has 5 heteroatoms. The summed E-state index contributed by atoms with van der Waals surface area (Å²) in [6, 6.07) is 7.54. The van der Waals surface area contributed by atoms with E-state index in [-0.39, 0.29) is 0 Å². The lowest BCUT2D eigenvalue weighted by Crippen LogP contribution is -2.01. The van der Waals surface area contributed by atoms with Crippen molar-refractivity contribution in [1.29, 1.82) is 0 Å². The third-order valence-corrected chi connectivity index (χ3v) is 2.85. The maximum absolute atomic E-state index is 6.08. The van der Waals surface area contributed by atoms with Crippen LogP contribution in [0.1, 0.15) is 5.56 Å². The number of rotatable bonds is 2. The number of nitrogens with two attached hydrogens (primary N) is 1. The predicted octanol–water partition coefficient (Wildman–Crippen LogP) is 2.93. The summed E-state index contributed by atoms with van der Waals surface area (Å²) in [6.07, 6.45) is 1.83. The van der Waals surface area contributed by atoms with Crippen molar-refractivity contribution in [1.82, 2.24) is 9.78 Å². The number of anilines is 1. The molecule has 0 atom stereocenters. The van der Waals surface area contributed by atoms with Crippen LogP contribution in [0.3, 0.4) is 0 Å². The monoisotopic (exact) mass is 285 g/mol. The van der Waals surface area contributed by atoms with Gasteiger partial charge in [0.05, 0.1) is 6.54 Å². The van der Waals surface area contributed by atoms with Crippen molar-refractivity contribution >= 4 is 33.3 Å². The molecule has 15 heavy (non-hydrogen) atoms. The number of hydrogen-bond acceptors (Lipinski definition) is 2. The molecule has 0 spiro atoms. The Morgan fingerprint density at radius 3 is 2.80 bits per heavy atom. The minimum atomic E-state index is 0.517. The largest absolute Gasteiger partial charge is 0.382 e. The Morgan fingerprint density at radius 1 is 1.40 bits per heavy atom. The first-order valence-electron chi connectivity index (χ1n) is 4.38. The van der Waals surface area contributed by atoms with Gasteiger partial charge in [0.25, 0.3) is 0 Å². The van der Waals surface area contributed by atoms with Crippen LogP contribution in [-0.4, -0.2) is 9.78 Å². The standard InChI is InChI=1S/C10H9BrClN3/c11-8-2-1-7(9(12)5-8)6-15-4-3-10(13)14-15/h1-5H,6H2,(H2,13,14). The number of halogens is 2. The molecule has 78 valence electrons. The molecular formula is C10H9BrClN3. The molecular weight excluding hydrogens is 277 g/mol. The second-order valence-corrected chi connectivity index (χ2v) is 4.50. The molecule has 2 aromatic rings. The van der Waals surface area contributed by atoms with Gasteiger partial charge in [-0.25, -0.2) is 0 Å². The number of nitrogens with zero attached hydrogens (tertiary/aromatic N) is 2. The summed E-state index contributed by atoms with van der Waals surface area (Å²) < 4.78 is 2.72. The molecule has 0 radical (unpaired) electrons. The van der Waals surface area contributed by atoms with Crippen LogP contribution in [0.4, 0.5) is 5.82 Å². The Hall–Kier alpha value is -1.00. The molecule has 0 aliphatic carbocycles. The fourth-order valence-corrected chi connectivity index (χ4v) is 2.02. The molecule has 0 bridgehead atoms. The van der Waals surface area contributed by atoms with Gasteiger partial charge in [0, 0.05) is 15.7 Å². The van der Waals surface area contributed by atoms with Crippen molar-refractivity contribution in [3.8, 4) is 0 Å². The summed E-state index contributed by atoms with van der Waals surface area (Å²) in [5.74, 6) is 0.517. The van der Waals surface area contributed by atoms with Crippen molar-refractivity contribution < 1.29 is 0 Å². The highest BCUT2D eigenvalue weighted by molar-refractivity contribution is 9.10. The van der Waals surface area contributed by atoms with E-state index in [0.717, 1.165) is 15.1 Å². The fourth-order valence-electron chi connectivity index (χ4n) is 1.29. The van der Waals surface area contributed by atoms with E-state index in [4.69, 9.17) is 17.3 Å². The van der Waals surface area contributed by atoms with Crippen LogP contribution in [0.2, 0.25) is 5.02 Å². The molecule has 0 aliphatic rings. The molecule has 1 aromatic carbocycles. The number of nitrogen functional groups attached to an aromatic ring is 1. The molecule has 2 N–H and O–H groups in total. The number of aromatic nitrogens is 2. The topological polar surface area (TPSA) is 43.8 Å². The second kappa shape index (κ2) is 4.24. The van der Waals surface area contributed by atoms with E-state index in [2.05, 4.69) is 21.0 Å². The summed E-state index contributed by atoms with van der Waals surface area (Å²) in [5.41, 5.74) is 6.54. The molecule has 0 fully saturated rings. The van der Waals surface area contributed by atoms with Gasteiger partial charge in [-0.05, 0) is 23.8 Å². The lowest BCUT2D eigenvalue weighted by molar-refractivity contribution is 0.690. The van der Waals surface area contributed by atoms with Crippen LogP contribution in [0, 0.1) is 0 Å². The van der Waals surface area contributed by atoms with Gasteiger partial charge < -0.3 is 5.73 Å². The highest BCUT2D eigenvalue weighted by atomic mass is 79.9. The van der Waals surface area contributed by atoms with E-state index in [1.54, 1.807) is 10.7 Å². The Kier molecular flexibility index (Phi) is 2.98. The van der Waals surface area contributed by atoms with E-state index in [9.17, 15) is 0 Å². The highest BCUT2D eigenvalue weighted by Gasteiger charge is 2.02. The number of hydrogen-bond donors (Lipinski definition) is 1. The highest BCUT2D eigenvalue weighted by Crippen LogP contribution is 2.22.